The lowest BCUT2D eigenvalue weighted by atomic mass is 9.83. The molecule has 0 radical (unpaired) electrons. The summed E-state index contributed by atoms with van der Waals surface area (Å²) < 4.78 is 17.0. The van der Waals surface area contributed by atoms with Gasteiger partial charge in [-0.05, 0) is 71.9 Å². The number of aliphatic hydroxyl groups is 1. The molecule has 0 spiro atoms. The summed E-state index contributed by atoms with van der Waals surface area (Å²) in [4.78, 5) is 25.2. The van der Waals surface area contributed by atoms with E-state index in [-0.39, 0.29) is 35.9 Å². The molecule has 1 saturated heterocycles. The number of hydrogen-bond acceptors (Lipinski definition) is 6. The minimum Gasteiger partial charge on any atom is -0.462 e. The van der Waals surface area contributed by atoms with E-state index in [1.165, 1.54) is 22.3 Å². The molecular weight excluding hydrogens is 518 g/mol. The maximum absolute atomic E-state index is 13.0. The number of aliphatic hydroxyl groups excluding tert-OH is 1. The standard InChI is InChI=1S/C34H47NO6/c1-19-28(29(36)27(41-19)18-39-30(37)34(8,9)10)35-31(38)40-17-26-24-15-20(32(2,3)4)11-13-22(24)23-14-12-21(16-25(23)26)33(5,6)7/h11-16,19,26-29,36H,17-18H2,1-10H3,(H,35,38)/t19-,27+,28?,29?/m0/s1. The largest absolute Gasteiger partial charge is 0.462 e. The maximum Gasteiger partial charge on any atom is 0.407 e. The molecule has 0 saturated carbocycles. The summed E-state index contributed by atoms with van der Waals surface area (Å²) in [5.74, 6) is -0.486. The van der Waals surface area contributed by atoms with Gasteiger partial charge in [0.1, 0.15) is 25.4 Å². The van der Waals surface area contributed by atoms with Gasteiger partial charge < -0.3 is 24.6 Å². The Kier molecular flexibility index (Phi) is 8.38. The average molecular weight is 566 g/mol. The Morgan fingerprint density at radius 2 is 1.34 bits per heavy atom. The molecule has 224 valence electrons. The van der Waals surface area contributed by atoms with Crippen molar-refractivity contribution in [1.29, 1.82) is 0 Å². The topological polar surface area (TPSA) is 94.1 Å². The molecule has 0 aromatic heterocycles. The van der Waals surface area contributed by atoms with Crippen molar-refractivity contribution in [2.24, 2.45) is 5.41 Å². The van der Waals surface area contributed by atoms with Crippen LogP contribution in [-0.4, -0.2) is 54.7 Å². The SMILES string of the molecule is C[C@@H]1O[C@H](COC(=O)C(C)(C)C)C(O)C1NC(=O)OCC1c2cc(C(C)(C)C)ccc2-c2ccc(C(C)(C)C)cc21. The Balaban J connectivity index is 1.49. The molecule has 0 bridgehead atoms. The van der Waals surface area contributed by atoms with Crippen molar-refractivity contribution >= 4 is 12.1 Å². The smallest absolute Gasteiger partial charge is 0.407 e. The number of esters is 1. The molecule has 2 N–H and O–H groups in total. The van der Waals surface area contributed by atoms with Gasteiger partial charge in [-0.3, -0.25) is 4.79 Å². The van der Waals surface area contributed by atoms with Gasteiger partial charge >= 0.3 is 12.1 Å². The summed E-state index contributed by atoms with van der Waals surface area (Å²) in [6.45, 7) is 20.3. The maximum atomic E-state index is 13.0. The third-order valence-corrected chi connectivity index (χ3v) is 8.18. The minimum absolute atomic E-state index is 0.0182. The molecule has 4 rings (SSSR count). The zero-order chi connectivity index (χ0) is 30.5. The molecule has 7 nitrogen and oxygen atoms in total. The van der Waals surface area contributed by atoms with E-state index in [9.17, 15) is 14.7 Å². The van der Waals surface area contributed by atoms with E-state index >= 15 is 0 Å². The van der Waals surface area contributed by atoms with Crippen LogP contribution in [0.2, 0.25) is 0 Å². The highest BCUT2D eigenvalue weighted by Crippen LogP contribution is 2.47. The number of nitrogens with one attached hydrogen (secondary N) is 1. The van der Waals surface area contributed by atoms with Crippen LogP contribution >= 0.6 is 0 Å². The van der Waals surface area contributed by atoms with Crippen molar-refractivity contribution in [2.75, 3.05) is 13.2 Å². The summed E-state index contributed by atoms with van der Waals surface area (Å²) >= 11 is 0. The average Bonchev–Trinajstić information content (AvgIpc) is 3.32. The van der Waals surface area contributed by atoms with E-state index in [1.54, 1.807) is 27.7 Å². The van der Waals surface area contributed by atoms with Crippen molar-refractivity contribution in [3.05, 3.63) is 58.7 Å². The number of benzene rings is 2. The number of amides is 1. The Morgan fingerprint density at radius 1 is 0.829 bits per heavy atom. The van der Waals surface area contributed by atoms with Crippen LogP contribution in [0.25, 0.3) is 11.1 Å². The molecule has 1 aliphatic heterocycles. The molecule has 7 heteroatoms. The summed E-state index contributed by atoms with van der Waals surface area (Å²) in [6, 6.07) is 12.6. The number of carbonyl (C=O) groups is 2. The first kappa shape index (κ1) is 31.0. The summed E-state index contributed by atoms with van der Waals surface area (Å²) in [7, 11) is 0. The molecular formula is C34H47NO6. The van der Waals surface area contributed by atoms with Gasteiger partial charge in [0, 0.05) is 5.92 Å². The van der Waals surface area contributed by atoms with Crippen molar-refractivity contribution in [1.82, 2.24) is 5.32 Å². The third kappa shape index (κ3) is 6.62. The Morgan fingerprint density at radius 3 is 1.80 bits per heavy atom. The Labute approximate surface area is 245 Å². The fraction of sp³-hybridized carbons (Fsp3) is 0.588. The second-order valence-corrected chi connectivity index (χ2v) is 14.6. The molecule has 41 heavy (non-hydrogen) atoms. The van der Waals surface area contributed by atoms with E-state index in [0.29, 0.717) is 0 Å². The predicted octanol–water partition coefficient (Wildman–Crippen LogP) is 6.23. The second kappa shape index (κ2) is 11.1. The van der Waals surface area contributed by atoms with Crippen molar-refractivity contribution in [2.45, 2.75) is 110 Å². The number of alkyl carbamates (subject to hydrolysis) is 1. The number of ether oxygens (including phenoxy) is 3. The van der Waals surface area contributed by atoms with Crippen LogP contribution in [0.15, 0.2) is 36.4 Å². The molecule has 1 amide bonds. The normalized spacial score (nSPS) is 22.7. The number of carbonyl (C=O) groups excluding carboxylic acids is 2. The van der Waals surface area contributed by atoms with Gasteiger partial charge in [-0.1, -0.05) is 77.9 Å². The van der Waals surface area contributed by atoms with Gasteiger partial charge in [0.05, 0.1) is 17.6 Å². The predicted molar refractivity (Wildman–Crippen MR) is 160 cm³/mol. The van der Waals surface area contributed by atoms with E-state index in [1.807, 2.05) is 0 Å². The Hall–Kier alpha value is -2.90. The third-order valence-electron chi connectivity index (χ3n) is 8.18. The molecule has 2 aromatic rings. The highest BCUT2D eigenvalue weighted by molar-refractivity contribution is 5.80. The molecule has 1 fully saturated rings. The lowest BCUT2D eigenvalue weighted by Gasteiger charge is -2.23. The fourth-order valence-corrected chi connectivity index (χ4v) is 5.47. The van der Waals surface area contributed by atoms with E-state index in [0.717, 1.165) is 11.1 Å². The van der Waals surface area contributed by atoms with E-state index in [4.69, 9.17) is 14.2 Å². The zero-order valence-corrected chi connectivity index (χ0v) is 26.3. The number of fused-ring (bicyclic) bond motifs is 3. The van der Waals surface area contributed by atoms with E-state index in [2.05, 4.69) is 83.3 Å². The van der Waals surface area contributed by atoms with Gasteiger partial charge in [0.2, 0.25) is 0 Å². The van der Waals surface area contributed by atoms with Crippen molar-refractivity contribution < 1.29 is 28.9 Å². The molecule has 2 aliphatic rings. The molecule has 4 atom stereocenters. The van der Waals surface area contributed by atoms with Gasteiger partial charge in [-0.2, -0.15) is 0 Å². The Bertz CT molecular complexity index is 1230. The van der Waals surface area contributed by atoms with Crippen LogP contribution in [0.1, 0.15) is 97.4 Å². The number of rotatable bonds is 5. The van der Waals surface area contributed by atoms with Gasteiger partial charge in [-0.25, -0.2) is 4.79 Å². The molecule has 1 aliphatic carbocycles. The summed E-state index contributed by atoms with van der Waals surface area (Å²) in [5.41, 5.74) is 6.42. The molecule has 1 heterocycles. The van der Waals surface area contributed by atoms with Crippen LogP contribution in [0.5, 0.6) is 0 Å². The van der Waals surface area contributed by atoms with Crippen LogP contribution in [0, 0.1) is 5.41 Å². The number of hydrogen-bond donors (Lipinski definition) is 2. The minimum atomic E-state index is -1.04. The second-order valence-electron chi connectivity index (χ2n) is 14.6. The van der Waals surface area contributed by atoms with Crippen LogP contribution in [0.3, 0.4) is 0 Å². The van der Waals surface area contributed by atoms with Crippen molar-refractivity contribution in [3.8, 4) is 11.1 Å². The summed E-state index contributed by atoms with van der Waals surface area (Å²) in [5, 5.41) is 13.6. The molecule has 2 unspecified atom stereocenters. The monoisotopic (exact) mass is 565 g/mol. The van der Waals surface area contributed by atoms with E-state index < -0.39 is 35.9 Å². The van der Waals surface area contributed by atoms with Crippen LogP contribution in [0.4, 0.5) is 4.79 Å². The van der Waals surface area contributed by atoms with Gasteiger partial charge in [-0.15, -0.1) is 0 Å². The first-order valence-corrected chi connectivity index (χ1v) is 14.6. The fourth-order valence-electron chi connectivity index (χ4n) is 5.47. The lowest BCUT2D eigenvalue weighted by Crippen LogP contribution is -2.48. The molecule has 2 aromatic carbocycles. The van der Waals surface area contributed by atoms with Crippen molar-refractivity contribution in [3.63, 3.8) is 0 Å². The summed E-state index contributed by atoms with van der Waals surface area (Å²) in [6.07, 6.45) is -2.87. The first-order valence-electron chi connectivity index (χ1n) is 14.6. The lowest BCUT2D eigenvalue weighted by molar-refractivity contribution is -0.158. The highest BCUT2D eigenvalue weighted by atomic mass is 16.6. The highest BCUT2D eigenvalue weighted by Gasteiger charge is 2.43. The van der Waals surface area contributed by atoms with Crippen LogP contribution < -0.4 is 5.32 Å². The quantitative estimate of drug-likeness (QED) is 0.418. The zero-order valence-electron chi connectivity index (χ0n) is 26.3. The van der Waals surface area contributed by atoms with Gasteiger partial charge in [0.25, 0.3) is 0 Å². The van der Waals surface area contributed by atoms with Crippen LogP contribution in [-0.2, 0) is 29.8 Å². The first-order chi connectivity index (χ1) is 18.9. The van der Waals surface area contributed by atoms with Gasteiger partial charge in [0.15, 0.2) is 0 Å².